The smallest absolute Gasteiger partial charge is 0.220 e. The Hall–Kier alpha value is -3.26. The van der Waals surface area contributed by atoms with E-state index in [1.54, 1.807) is 0 Å². The molecule has 1 aliphatic rings. The summed E-state index contributed by atoms with van der Waals surface area (Å²) < 4.78 is 1.91. The summed E-state index contributed by atoms with van der Waals surface area (Å²) in [7, 11) is 4.07. The molecule has 0 aliphatic carbocycles. The van der Waals surface area contributed by atoms with E-state index in [1.165, 1.54) is 5.56 Å². The molecule has 1 aliphatic heterocycles. The van der Waals surface area contributed by atoms with E-state index in [0.29, 0.717) is 6.54 Å². The van der Waals surface area contributed by atoms with Crippen LogP contribution in [0.15, 0.2) is 54.6 Å². The third-order valence-electron chi connectivity index (χ3n) is 6.28. The Labute approximate surface area is 189 Å². The quantitative estimate of drug-likeness (QED) is 0.586. The van der Waals surface area contributed by atoms with Crippen LogP contribution in [-0.2, 0) is 17.8 Å². The summed E-state index contributed by atoms with van der Waals surface area (Å²) in [5.41, 5.74) is 9.10. The zero-order valence-corrected chi connectivity index (χ0v) is 18.8. The minimum atomic E-state index is -0.204. The summed E-state index contributed by atoms with van der Waals surface area (Å²) in [5, 5.41) is 12.8. The molecule has 1 unspecified atom stereocenters. The van der Waals surface area contributed by atoms with Crippen molar-refractivity contribution in [3.05, 3.63) is 71.5 Å². The first kappa shape index (κ1) is 22.0. The molecule has 2 N–H and O–H groups in total. The predicted octanol–water partition coefficient (Wildman–Crippen LogP) is 2.27. The van der Waals surface area contributed by atoms with Gasteiger partial charge in [0.1, 0.15) is 0 Å². The molecular formula is C24H31N7O. The molecule has 1 amide bonds. The summed E-state index contributed by atoms with van der Waals surface area (Å²) >= 11 is 0. The highest BCUT2D eigenvalue weighted by Gasteiger charge is 2.32. The molecule has 168 valence electrons. The lowest BCUT2D eigenvalue weighted by Gasteiger charge is -2.36. The van der Waals surface area contributed by atoms with Crippen LogP contribution in [0, 0.1) is 5.92 Å². The van der Waals surface area contributed by atoms with Crippen LogP contribution in [0.2, 0.25) is 0 Å². The molecule has 8 nitrogen and oxygen atoms in total. The maximum Gasteiger partial charge on any atom is 0.220 e. The summed E-state index contributed by atoms with van der Waals surface area (Å²) in [4.78, 5) is 16.1. The Morgan fingerprint density at radius 3 is 2.41 bits per heavy atom. The number of carbonyl (C=O) groups excluding carboxylic acids is 1. The molecule has 1 saturated heterocycles. The van der Waals surface area contributed by atoms with E-state index >= 15 is 0 Å². The number of rotatable bonds is 8. The number of nitrogens with zero attached hydrogens (tertiary/aromatic N) is 6. The summed E-state index contributed by atoms with van der Waals surface area (Å²) in [6, 6.07) is 18.8. The second-order valence-electron chi connectivity index (χ2n) is 8.60. The number of piperidine rings is 1. The molecule has 8 heteroatoms. The number of tetrazole rings is 1. The maximum atomic E-state index is 11.7. The number of likely N-dealkylation sites (tertiary alicyclic amines) is 1. The molecule has 32 heavy (non-hydrogen) atoms. The topological polar surface area (TPSA) is 93.2 Å². The van der Waals surface area contributed by atoms with Crippen LogP contribution in [0.25, 0.3) is 0 Å². The van der Waals surface area contributed by atoms with Crippen LogP contribution >= 0.6 is 0 Å². The molecule has 0 saturated carbocycles. The van der Waals surface area contributed by atoms with E-state index in [9.17, 15) is 4.79 Å². The largest absolute Gasteiger partial charge is 0.378 e. The average Bonchev–Trinajstić information content (AvgIpc) is 3.27. The van der Waals surface area contributed by atoms with Crippen molar-refractivity contribution in [2.45, 2.75) is 31.8 Å². The molecule has 2 heterocycles. The van der Waals surface area contributed by atoms with Gasteiger partial charge in [-0.2, -0.15) is 0 Å². The van der Waals surface area contributed by atoms with Gasteiger partial charge in [-0.3, -0.25) is 9.69 Å². The fraction of sp³-hybridized carbons (Fsp3) is 0.417. The van der Waals surface area contributed by atoms with E-state index in [4.69, 9.17) is 5.73 Å². The van der Waals surface area contributed by atoms with E-state index in [-0.39, 0.29) is 17.9 Å². The van der Waals surface area contributed by atoms with Gasteiger partial charge in [-0.15, -0.1) is 5.10 Å². The highest BCUT2D eigenvalue weighted by molar-refractivity contribution is 5.76. The van der Waals surface area contributed by atoms with Crippen molar-refractivity contribution in [2.24, 2.45) is 11.7 Å². The Kier molecular flexibility index (Phi) is 6.80. The third kappa shape index (κ3) is 4.96. The number of aryl methyl sites for hydroxylation is 2. The molecule has 1 atom stereocenters. The summed E-state index contributed by atoms with van der Waals surface area (Å²) in [6.45, 7) is 2.26. The Balaban J connectivity index is 1.61. The Bertz CT molecular complexity index is 1010. The number of nitrogens with two attached hydrogens (primary N) is 1. The number of anilines is 1. The van der Waals surface area contributed by atoms with Gasteiger partial charge in [-0.25, -0.2) is 4.68 Å². The first-order valence-corrected chi connectivity index (χ1v) is 11.1. The van der Waals surface area contributed by atoms with Crippen molar-refractivity contribution in [3.8, 4) is 0 Å². The molecule has 0 spiro atoms. The number of aromatic nitrogens is 4. The minimum absolute atomic E-state index is 0.0582. The van der Waals surface area contributed by atoms with Crippen molar-refractivity contribution in [1.82, 2.24) is 25.1 Å². The van der Waals surface area contributed by atoms with Crippen molar-refractivity contribution >= 4 is 11.6 Å². The van der Waals surface area contributed by atoms with Crippen LogP contribution < -0.4 is 10.6 Å². The zero-order chi connectivity index (χ0) is 22.5. The van der Waals surface area contributed by atoms with Gasteiger partial charge in [0, 0.05) is 32.2 Å². The van der Waals surface area contributed by atoms with Crippen LogP contribution in [0.1, 0.15) is 35.8 Å². The second-order valence-corrected chi connectivity index (χ2v) is 8.60. The van der Waals surface area contributed by atoms with Crippen LogP contribution in [0.4, 0.5) is 5.69 Å². The summed E-state index contributed by atoms with van der Waals surface area (Å²) in [5.74, 6) is 0.567. The van der Waals surface area contributed by atoms with Gasteiger partial charge in [0.05, 0.1) is 6.04 Å². The molecule has 2 aromatic carbocycles. The van der Waals surface area contributed by atoms with Crippen LogP contribution in [-0.4, -0.2) is 58.2 Å². The number of hydrogen-bond donors (Lipinski definition) is 1. The van der Waals surface area contributed by atoms with E-state index in [0.717, 1.165) is 49.4 Å². The molecular weight excluding hydrogens is 402 g/mol. The maximum absolute atomic E-state index is 11.7. The van der Waals surface area contributed by atoms with Crippen LogP contribution in [0.3, 0.4) is 0 Å². The van der Waals surface area contributed by atoms with Gasteiger partial charge >= 0.3 is 0 Å². The molecule has 1 fully saturated rings. The Morgan fingerprint density at radius 1 is 1.09 bits per heavy atom. The predicted molar refractivity (Wildman–Crippen MR) is 124 cm³/mol. The van der Waals surface area contributed by atoms with Gasteiger partial charge in [-0.1, -0.05) is 42.5 Å². The number of primary amides is 1. The SMILES string of the molecule is CN(C)c1ccc(C(c2nnnn2CCc2ccccc2)N2CCC(C(N)=O)CC2)cc1. The van der Waals surface area contributed by atoms with Crippen molar-refractivity contribution < 1.29 is 4.79 Å². The first-order valence-electron chi connectivity index (χ1n) is 11.1. The number of benzene rings is 2. The first-order chi connectivity index (χ1) is 15.5. The molecule has 4 rings (SSSR count). The Morgan fingerprint density at radius 2 is 1.78 bits per heavy atom. The normalized spacial score (nSPS) is 16.1. The monoisotopic (exact) mass is 433 g/mol. The lowest BCUT2D eigenvalue weighted by molar-refractivity contribution is -0.123. The standard InChI is InChI=1S/C24H31N7O/c1-29(2)21-10-8-19(9-11-21)22(30-15-13-20(14-16-30)23(25)32)24-26-27-28-31(24)17-12-18-6-4-3-5-7-18/h3-11,20,22H,12-17H2,1-2H3,(H2,25,32). The van der Waals surface area contributed by atoms with Gasteiger partial charge in [-0.05, 0) is 66.0 Å². The lowest BCUT2D eigenvalue weighted by Crippen LogP contribution is -2.41. The molecule has 1 aromatic heterocycles. The minimum Gasteiger partial charge on any atom is -0.378 e. The molecule has 0 radical (unpaired) electrons. The highest BCUT2D eigenvalue weighted by atomic mass is 16.1. The van der Waals surface area contributed by atoms with Gasteiger partial charge in [0.25, 0.3) is 0 Å². The number of carbonyl (C=O) groups is 1. The lowest BCUT2D eigenvalue weighted by atomic mass is 9.93. The van der Waals surface area contributed by atoms with E-state index in [1.807, 2.05) is 37.0 Å². The van der Waals surface area contributed by atoms with E-state index in [2.05, 4.69) is 61.7 Å². The van der Waals surface area contributed by atoms with Crippen molar-refractivity contribution in [3.63, 3.8) is 0 Å². The number of amides is 1. The van der Waals surface area contributed by atoms with E-state index < -0.39 is 0 Å². The van der Waals surface area contributed by atoms with Gasteiger partial charge in [0.15, 0.2) is 5.82 Å². The van der Waals surface area contributed by atoms with Gasteiger partial charge in [0.2, 0.25) is 5.91 Å². The fourth-order valence-electron chi connectivity index (χ4n) is 4.37. The van der Waals surface area contributed by atoms with Crippen LogP contribution in [0.5, 0.6) is 0 Å². The summed E-state index contributed by atoms with van der Waals surface area (Å²) in [6.07, 6.45) is 2.37. The van der Waals surface area contributed by atoms with Crippen molar-refractivity contribution in [2.75, 3.05) is 32.1 Å². The third-order valence-corrected chi connectivity index (χ3v) is 6.28. The highest BCUT2D eigenvalue weighted by Crippen LogP contribution is 2.32. The number of hydrogen-bond acceptors (Lipinski definition) is 6. The molecule has 3 aromatic rings. The van der Waals surface area contributed by atoms with Gasteiger partial charge < -0.3 is 10.6 Å². The van der Waals surface area contributed by atoms with Crippen molar-refractivity contribution in [1.29, 1.82) is 0 Å². The zero-order valence-electron chi connectivity index (χ0n) is 18.8. The fourth-order valence-corrected chi connectivity index (χ4v) is 4.37. The average molecular weight is 434 g/mol. The second kappa shape index (κ2) is 9.91. The molecule has 0 bridgehead atoms.